The van der Waals surface area contributed by atoms with E-state index in [1.165, 1.54) is 20.1 Å². The standard InChI is InChI=1S/C39H46N6O11/c1-22(46)28(14-16-35(49)50)44-38(53)31(19-24-21-42-29-9-6-5-8-26(24)29)45-37(52)30(13-15-33(40)47)43-34(48)10-4-3-7-17-41-36(51)27-18-23-11-12-25(55-2)20-32(23)56-39(27)54/h5-6,8-9,11-12,18,20-21,28,30-31,42H,3-4,7,10,13-17,19H2,1-2H3,(H2,40,47)(H,41,51)(H,43,48)(H,44,53)(H,45,52)(H,49,50)/t28-,30-,31-/m0/s1. The lowest BCUT2D eigenvalue weighted by Crippen LogP contribution is -2.56. The topological polar surface area (TPSA) is 269 Å². The number of amides is 5. The van der Waals surface area contributed by atoms with Crippen LogP contribution in [0.1, 0.15) is 74.2 Å². The Labute approximate surface area is 321 Å². The Morgan fingerprint density at radius 3 is 2.29 bits per heavy atom. The minimum atomic E-state index is -1.26. The number of H-pyrrole nitrogens is 1. The van der Waals surface area contributed by atoms with Crippen molar-refractivity contribution < 1.29 is 47.8 Å². The van der Waals surface area contributed by atoms with Crippen molar-refractivity contribution in [2.75, 3.05) is 13.7 Å². The van der Waals surface area contributed by atoms with E-state index in [2.05, 4.69) is 26.3 Å². The molecule has 0 radical (unpaired) electrons. The number of fused-ring (bicyclic) bond motifs is 2. The summed E-state index contributed by atoms with van der Waals surface area (Å²) < 4.78 is 10.4. The van der Waals surface area contributed by atoms with Gasteiger partial charge in [0.2, 0.25) is 23.6 Å². The fourth-order valence-electron chi connectivity index (χ4n) is 6.00. The summed E-state index contributed by atoms with van der Waals surface area (Å²) in [5.41, 5.74) is 6.13. The molecule has 0 aliphatic carbocycles. The average Bonchev–Trinajstić information content (AvgIpc) is 3.57. The lowest BCUT2D eigenvalue weighted by molar-refractivity contribution is -0.138. The minimum absolute atomic E-state index is 0.00482. The van der Waals surface area contributed by atoms with Gasteiger partial charge in [-0.05, 0) is 62.4 Å². The van der Waals surface area contributed by atoms with Gasteiger partial charge in [0.05, 0.1) is 13.2 Å². The smallest absolute Gasteiger partial charge is 0.349 e. The Balaban J connectivity index is 1.35. The molecule has 0 fully saturated rings. The number of aliphatic carboxylic acids is 1. The predicted molar refractivity (Wildman–Crippen MR) is 204 cm³/mol. The first-order chi connectivity index (χ1) is 26.7. The summed E-state index contributed by atoms with van der Waals surface area (Å²) in [6.45, 7) is 1.43. The number of ether oxygens (including phenoxy) is 1. The predicted octanol–water partition coefficient (Wildman–Crippen LogP) is 1.99. The molecule has 3 atom stereocenters. The first-order valence-electron chi connectivity index (χ1n) is 18.1. The van der Waals surface area contributed by atoms with Crippen molar-refractivity contribution in [1.82, 2.24) is 26.3 Å². The SMILES string of the molecule is COc1ccc2cc(C(=O)NCCCCCC(=O)N[C@@H](CCC(N)=O)C(=O)N[C@@H](Cc3c[nH]c4ccccc34)C(=O)N[C@@H](CCC(=O)O)C(C)=O)c(=O)oc2c1. The number of carbonyl (C=O) groups excluding carboxylic acids is 6. The molecular formula is C39H46N6O11. The van der Waals surface area contributed by atoms with Crippen molar-refractivity contribution in [3.05, 3.63) is 76.3 Å². The van der Waals surface area contributed by atoms with Gasteiger partial charge in [0, 0.05) is 60.8 Å². The normalized spacial score (nSPS) is 12.6. The molecule has 4 rings (SSSR count). The van der Waals surface area contributed by atoms with Gasteiger partial charge in [-0.3, -0.25) is 33.6 Å². The van der Waals surface area contributed by atoms with E-state index in [1.54, 1.807) is 30.5 Å². The molecule has 298 valence electrons. The molecule has 17 heteroatoms. The van der Waals surface area contributed by atoms with Crippen LogP contribution in [-0.2, 0) is 35.2 Å². The highest BCUT2D eigenvalue weighted by atomic mass is 16.5. The molecule has 0 saturated carbocycles. The van der Waals surface area contributed by atoms with Gasteiger partial charge in [-0.15, -0.1) is 0 Å². The molecule has 17 nitrogen and oxygen atoms in total. The van der Waals surface area contributed by atoms with Gasteiger partial charge in [0.25, 0.3) is 5.91 Å². The lowest BCUT2D eigenvalue weighted by atomic mass is 10.0. The fourth-order valence-corrected chi connectivity index (χ4v) is 6.00. The molecule has 8 N–H and O–H groups in total. The number of carbonyl (C=O) groups is 7. The highest BCUT2D eigenvalue weighted by Gasteiger charge is 2.30. The van der Waals surface area contributed by atoms with Gasteiger partial charge < -0.3 is 46.2 Å². The first-order valence-corrected chi connectivity index (χ1v) is 18.1. The zero-order chi connectivity index (χ0) is 40.8. The summed E-state index contributed by atoms with van der Waals surface area (Å²) in [6.07, 6.45) is 2.05. The third-order valence-corrected chi connectivity index (χ3v) is 9.07. The Morgan fingerprint density at radius 1 is 0.857 bits per heavy atom. The van der Waals surface area contributed by atoms with Crippen LogP contribution in [0.15, 0.2) is 63.9 Å². The number of rotatable bonds is 22. The molecule has 56 heavy (non-hydrogen) atoms. The van der Waals surface area contributed by atoms with E-state index in [-0.39, 0.29) is 56.2 Å². The van der Waals surface area contributed by atoms with Crippen LogP contribution in [0, 0.1) is 0 Å². The maximum Gasteiger partial charge on any atom is 0.349 e. The van der Waals surface area contributed by atoms with Crippen LogP contribution in [-0.4, -0.2) is 83.2 Å². The number of unbranched alkanes of at least 4 members (excludes halogenated alkanes) is 2. The van der Waals surface area contributed by atoms with Gasteiger partial charge in [-0.1, -0.05) is 24.6 Å². The number of aromatic nitrogens is 1. The summed E-state index contributed by atoms with van der Waals surface area (Å²) in [7, 11) is 1.48. The number of Topliss-reactive ketones (excluding diaryl/α,β-unsaturated/α-hetero) is 1. The number of hydrogen-bond acceptors (Lipinski definition) is 10. The number of carboxylic acid groups (broad SMARTS) is 1. The highest BCUT2D eigenvalue weighted by Crippen LogP contribution is 2.21. The van der Waals surface area contributed by atoms with E-state index in [0.717, 1.165) is 10.9 Å². The van der Waals surface area contributed by atoms with Crippen LogP contribution in [0.5, 0.6) is 5.75 Å². The number of primary amides is 1. The van der Waals surface area contributed by atoms with E-state index in [9.17, 15) is 38.4 Å². The zero-order valence-electron chi connectivity index (χ0n) is 31.1. The summed E-state index contributed by atoms with van der Waals surface area (Å²) in [5, 5.41) is 20.9. The van der Waals surface area contributed by atoms with Crippen molar-refractivity contribution >= 4 is 63.2 Å². The number of carboxylic acids is 1. The second kappa shape index (κ2) is 20.2. The Bertz CT molecular complexity index is 2140. The third-order valence-electron chi connectivity index (χ3n) is 9.07. The van der Waals surface area contributed by atoms with Gasteiger partial charge in [0.1, 0.15) is 29.0 Å². The van der Waals surface area contributed by atoms with Crippen LogP contribution in [0.25, 0.3) is 21.9 Å². The number of nitrogens with one attached hydrogen (secondary N) is 5. The first kappa shape index (κ1) is 42.2. The monoisotopic (exact) mass is 774 g/mol. The van der Waals surface area contributed by atoms with Crippen molar-refractivity contribution in [3.63, 3.8) is 0 Å². The average molecular weight is 775 g/mol. The van der Waals surface area contributed by atoms with Gasteiger partial charge in [-0.25, -0.2) is 4.79 Å². The molecule has 5 amide bonds. The third kappa shape index (κ3) is 12.3. The summed E-state index contributed by atoms with van der Waals surface area (Å²) in [5.74, 6) is -4.46. The number of para-hydroxylation sites is 1. The van der Waals surface area contributed by atoms with Crippen molar-refractivity contribution in [2.45, 2.75) is 82.8 Å². The summed E-state index contributed by atoms with van der Waals surface area (Å²) in [6, 6.07) is 9.98. The number of nitrogens with two attached hydrogens (primary N) is 1. The molecule has 2 heterocycles. The largest absolute Gasteiger partial charge is 0.497 e. The molecule has 4 aromatic rings. The van der Waals surface area contributed by atoms with E-state index in [0.29, 0.717) is 36.0 Å². The maximum atomic E-state index is 13.7. The number of methoxy groups -OCH3 is 1. The van der Waals surface area contributed by atoms with E-state index in [1.807, 2.05) is 18.2 Å². The molecule has 0 unspecified atom stereocenters. The quantitative estimate of drug-likeness (QED) is 0.0448. The molecular weight excluding hydrogens is 728 g/mol. The summed E-state index contributed by atoms with van der Waals surface area (Å²) in [4.78, 5) is 104. The van der Waals surface area contributed by atoms with E-state index < -0.39 is 65.0 Å². The molecule has 0 saturated heterocycles. The van der Waals surface area contributed by atoms with Crippen LogP contribution in [0.4, 0.5) is 0 Å². The Morgan fingerprint density at radius 2 is 1.57 bits per heavy atom. The molecule has 2 aromatic heterocycles. The maximum absolute atomic E-state index is 13.7. The van der Waals surface area contributed by atoms with Crippen molar-refractivity contribution in [1.29, 1.82) is 0 Å². The molecule has 0 aliphatic rings. The van der Waals surface area contributed by atoms with Gasteiger partial charge in [-0.2, -0.15) is 0 Å². The second-order valence-corrected chi connectivity index (χ2v) is 13.3. The van der Waals surface area contributed by atoms with Gasteiger partial charge in [0.15, 0.2) is 5.78 Å². The zero-order valence-corrected chi connectivity index (χ0v) is 31.1. The molecule has 2 aromatic carbocycles. The molecule has 0 aliphatic heterocycles. The number of benzene rings is 2. The lowest BCUT2D eigenvalue weighted by Gasteiger charge is -2.25. The van der Waals surface area contributed by atoms with Gasteiger partial charge >= 0.3 is 11.6 Å². The van der Waals surface area contributed by atoms with Crippen LogP contribution >= 0.6 is 0 Å². The second-order valence-electron chi connectivity index (χ2n) is 13.3. The number of aromatic amines is 1. The van der Waals surface area contributed by atoms with E-state index >= 15 is 0 Å². The molecule has 0 spiro atoms. The van der Waals surface area contributed by atoms with Crippen LogP contribution in [0.2, 0.25) is 0 Å². The van der Waals surface area contributed by atoms with Crippen LogP contribution in [0.3, 0.4) is 0 Å². The molecule has 0 bridgehead atoms. The highest BCUT2D eigenvalue weighted by molar-refractivity contribution is 5.97. The minimum Gasteiger partial charge on any atom is -0.497 e. The Kier molecular flexibility index (Phi) is 15.3. The van der Waals surface area contributed by atoms with Crippen LogP contribution < -0.4 is 37.4 Å². The summed E-state index contributed by atoms with van der Waals surface area (Å²) >= 11 is 0. The fraction of sp³-hybridized carbons (Fsp3) is 0.385. The number of ketones is 1. The van der Waals surface area contributed by atoms with Crippen molar-refractivity contribution in [3.8, 4) is 5.75 Å². The number of hydrogen-bond donors (Lipinski definition) is 7. The van der Waals surface area contributed by atoms with Crippen molar-refractivity contribution in [2.24, 2.45) is 5.73 Å². The Hall–Kier alpha value is -6.52. The van der Waals surface area contributed by atoms with E-state index in [4.69, 9.17) is 20.0 Å².